The Morgan fingerprint density at radius 2 is 1.73 bits per heavy atom. The van der Waals surface area contributed by atoms with Gasteiger partial charge < -0.3 is 9.80 Å². The topological polar surface area (TPSA) is 71.3 Å². The van der Waals surface area contributed by atoms with Gasteiger partial charge in [0.05, 0.1) is 0 Å². The van der Waals surface area contributed by atoms with Crippen LogP contribution in [0.2, 0.25) is 0 Å². The number of rotatable bonds is 13. The second kappa shape index (κ2) is 15.2. The van der Waals surface area contributed by atoms with E-state index in [-0.39, 0.29) is 23.8 Å². The largest absolute Gasteiger partial charge is 0.339 e. The number of para-hydroxylation sites is 1. The molecule has 1 fully saturated rings. The number of carbonyl (C=O) groups is 2. The SMILES string of the molecule is CCCCC(CC)C(=O)N1CCN(C(=O)CCCCSc2nnc(-c3ccc(C)cc3)n2-c2ccccc2)CC1C. The first-order valence-corrected chi connectivity index (χ1v) is 16.2. The number of thioether (sulfide) groups is 1. The van der Waals surface area contributed by atoms with Crippen LogP contribution < -0.4 is 0 Å². The third kappa shape index (κ3) is 8.00. The van der Waals surface area contributed by atoms with Gasteiger partial charge in [0.15, 0.2) is 11.0 Å². The Bertz CT molecular complexity index is 1260. The lowest BCUT2D eigenvalue weighted by atomic mass is 9.96. The van der Waals surface area contributed by atoms with Crippen molar-refractivity contribution >= 4 is 23.6 Å². The molecule has 2 heterocycles. The van der Waals surface area contributed by atoms with Crippen LogP contribution in [0.4, 0.5) is 0 Å². The van der Waals surface area contributed by atoms with E-state index in [9.17, 15) is 9.59 Å². The van der Waals surface area contributed by atoms with Crippen LogP contribution in [-0.2, 0) is 9.59 Å². The van der Waals surface area contributed by atoms with E-state index < -0.39 is 0 Å². The van der Waals surface area contributed by atoms with Crippen molar-refractivity contribution in [2.45, 2.75) is 83.8 Å². The normalized spacial score (nSPS) is 16.1. The van der Waals surface area contributed by atoms with Crippen LogP contribution in [-0.4, -0.2) is 67.8 Å². The van der Waals surface area contributed by atoms with Crippen LogP contribution in [0.15, 0.2) is 59.8 Å². The number of benzene rings is 2. The van der Waals surface area contributed by atoms with Gasteiger partial charge in [0.2, 0.25) is 11.8 Å². The molecule has 2 amide bonds. The summed E-state index contributed by atoms with van der Waals surface area (Å²) in [7, 11) is 0. The van der Waals surface area contributed by atoms with Gasteiger partial charge in [-0.1, -0.05) is 86.5 Å². The predicted molar refractivity (Wildman–Crippen MR) is 167 cm³/mol. The number of amides is 2. The van der Waals surface area contributed by atoms with Crippen molar-refractivity contribution in [1.82, 2.24) is 24.6 Å². The molecule has 1 aliphatic rings. The highest BCUT2D eigenvalue weighted by atomic mass is 32.2. The lowest BCUT2D eigenvalue weighted by molar-refractivity contribution is -0.145. The number of piperazine rings is 1. The summed E-state index contributed by atoms with van der Waals surface area (Å²) in [6.07, 6.45) is 6.34. The molecule has 0 saturated carbocycles. The van der Waals surface area contributed by atoms with Gasteiger partial charge in [-0.05, 0) is 51.7 Å². The number of aryl methyl sites for hydroxylation is 1. The maximum absolute atomic E-state index is 13.1. The van der Waals surface area contributed by atoms with Gasteiger partial charge >= 0.3 is 0 Å². The van der Waals surface area contributed by atoms with Crippen molar-refractivity contribution < 1.29 is 9.59 Å². The summed E-state index contributed by atoms with van der Waals surface area (Å²) in [4.78, 5) is 30.1. The lowest BCUT2D eigenvalue weighted by Gasteiger charge is -2.41. The first-order valence-electron chi connectivity index (χ1n) is 15.2. The Labute approximate surface area is 249 Å². The molecule has 8 heteroatoms. The highest BCUT2D eigenvalue weighted by Gasteiger charge is 2.32. The molecule has 2 unspecified atom stereocenters. The number of unbranched alkanes of at least 4 members (excludes halogenated alkanes) is 2. The summed E-state index contributed by atoms with van der Waals surface area (Å²) in [6, 6.07) is 18.6. The summed E-state index contributed by atoms with van der Waals surface area (Å²) < 4.78 is 2.12. The van der Waals surface area contributed by atoms with Crippen molar-refractivity contribution in [3.8, 4) is 17.1 Å². The molecule has 3 aromatic rings. The molecule has 2 atom stereocenters. The minimum absolute atomic E-state index is 0.0681. The third-order valence-corrected chi connectivity index (χ3v) is 9.00. The Morgan fingerprint density at radius 3 is 2.41 bits per heavy atom. The highest BCUT2D eigenvalue weighted by Crippen LogP contribution is 2.29. The standard InChI is InChI=1S/C33H45N5O2S/c1-5-7-13-27(6-2)32(40)37-22-21-36(24-26(37)4)30(39)16-11-12-23-41-33-35-34-31(28-19-17-25(3)18-20-28)38(33)29-14-9-8-10-15-29/h8-10,14-15,17-20,26-27H,5-7,11-13,16,21-24H2,1-4H3. The summed E-state index contributed by atoms with van der Waals surface area (Å²) in [6.45, 7) is 10.3. The van der Waals surface area contributed by atoms with Gasteiger partial charge in [0.25, 0.3) is 0 Å². The van der Waals surface area contributed by atoms with Crippen LogP contribution in [0.1, 0.15) is 71.3 Å². The molecule has 0 N–H and O–H groups in total. The van der Waals surface area contributed by atoms with Crippen LogP contribution in [0.25, 0.3) is 17.1 Å². The van der Waals surface area contributed by atoms with Crippen molar-refractivity contribution in [1.29, 1.82) is 0 Å². The number of carbonyl (C=O) groups excluding carboxylic acids is 2. The van der Waals surface area contributed by atoms with Crippen LogP contribution >= 0.6 is 11.8 Å². The molecule has 4 rings (SSSR count). The van der Waals surface area contributed by atoms with Crippen LogP contribution in [0.3, 0.4) is 0 Å². The average molecular weight is 576 g/mol. The number of aromatic nitrogens is 3. The second-order valence-corrected chi connectivity index (χ2v) is 12.2. The lowest BCUT2D eigenvalue weighted by Crippen LogP contribution is -2.56. The van der Waals surface area contributed by atoms with E-state index in [0.29, 0.717) is 26.1 Å². The van der Waals surface area contributed by atoms with Crippen molar-refractivity contribution in [3.63, 3.8) is 0 Å². The molecular formula is C33H45N5O2S. The van der Waals surface area contributed by atoms with Crippen LogP contribution in [0, 0.1) is 12.8 Å². The molecule has 1 aliphatic heterocycles. The second-order valence-electron chi connectivity index (χ2n) is 11.1. The zero-order chi connectivity index (χ0) is 29.2. The molecule has 0 spiro atoms. The Hall–Kier alpha value is -3.13. The van der Waals surface area contributed by atoms with Gasteiger partial charge in [0, 0.05) is 55.0 Å². The Kier molecular flexibility index (Phi) is 11.4. The Morgan fingerprint density at radius 1 is 0.976 bits per heavy atom. The molecule has 220 valence electrons. The maximum Gasteiger partial charge on any atom is 0.226 e. The predicted octanol–water partition coefficient (Wildman–Crippen LogP) is 6.78. The van der Waals surface area contributed by atoms with E-state index in [4.69, 9.17) is 0 Å². The van der Waals surface area contributed by atoms with E-state index in [1.807, 2.05) is 28.0 Å². The van der Waals surface area contributed by atoms with Gasteiger partial charge in [0.1, 0.15) is 0 Å². The third-order valence-electron chi connectivity index (χ3n) is 7.99. The molecule has 2 aromatic carbocycles. The van der Waals surface area contributed by atoms with Crippen molar-refractivity contribution in [3.05, 3.63) is 60.2 Å². The molecule has 1 aromatic heterocycles. The van der Waals surface area contributed by atoms with E-state index in [0.717, 1.165) is 66.5 Å². The summed E-state index contributed by atoms with van der Waals surface area (Å²) in [5, 5.41) is 9.93. The molecule has 0 aliphatic carbocycles. The first kappa shape index (κ1) is 30.8. The first-order chi connectivity index (χ1) is 19.9. The molecule has 0 bridgehead atoms. The quantitative estimate of drug-likeness (QED) is 0.166. The van der Waals surface area contributed by atoms with E-state index >= 15 is 0 Å². The van der Waals surface area contributed by atoms with Gasteiger partial charge in [-0.3, -0.25) is 14.2 Å². The fraction of sp³-hybridized carbons (Fsp3) is 0.515. The van der Waals surface area contributed by atoms with E-state index in [2.05, 4.69) is 78.9 Å². The van der Waals surface area contributed by atoms with E-state index in [1.165, 1.54) is 5.56 Å². The van der Waals surface area contributed by atoms with Gasteiger partial charge in [-0.15, -0.1) is 10.2 Å². The zero-order valence-corrected chi connectivity index (χ0v) is 25.9. The molecule has 7 nitrogen and oxygen atoms in total. The fourth-order valence-corrected chi connectivity index (χ4v) is 6.41. The zero-order valence-electron chi connectivity index (χ0n) is 25.1. The minimum Gasteiger partial charge on any atom is -0.339 e. The molecule has 0 radical (unpaired) electrons. The smallest absolute Gasteiger partial charge is 0.226 e. The monoisotopic (exact) mass is 575 g/mol. The van der Waals surface area contributed by atoms with Gasteiger partial charge in [-0.25, -0.2) is 0 Å². The Balaban J connectivity index is 1.27. The minimum atomic E-state index is 0.0681. The maximum atomic E-state index is 13.1. The van der Waals surface area contributed by atoms with Crippen molar-refractivity contribution in [2.75, 3.05) is 25.4 Å². The van der Waals surface area contributed by atoms with Crippen LogP contribution in [0.5, 0.6) is 0 Å². The van der Waals surface area contributed by atoms with Crippen molar-refractivity contribution in [2.24, 2.45) is 5.92 Å². The average Bonchev–Trinajstić information content (AvgIpc) is 3.41. The number of hydrogen-bond acceptors (Lipinski definition) is 5. The fourth-order valence-electron chi connectivity index (χ4n) is 5.46. The molecule has 1 saturated heterocycles. The summed E-state index contributed by atoms with van der Waals surface area (Å²) in [5.41, 5.74) is 3.28. The number of hydrogen-bond donors (Lipinski definition) is 0. The summed E-state index contributed by atoms with van der Waals surface area (Å²) in [5.74, 6) is 2.27. The highest BCUT2D eigenvalue weighted by molar-refractivity contribution is 7.99. The van der Waals surface area contributed by atoms with E-state index in [1.54, 1.807) is 11.8 Å². The molecular weight excluding hydrogens is 530 g/mol. The van der Waals surface area contributed by atoms with Gasteiger partial charge in [-0.2, -0.15) is 0 Å². The number of nitrogens with zero attached hydrogens (tertiary/aromatic N) is 5. The molecule has 41 heavy (non-hydrogen) atoms. The summed E-state index contributed by atoms with van der Waals surface area (Å²) >= 11 is 1.68.